The monoisotopic (exact) mass is 315 g/mol. The molecule has 0 fully saturated rings. The molecular formula is C15H11ClFN5. The van der Waals surface area contributed by atoms with Gasteiger partial charge in [-0.05, 0) is 42.8 Å². The third kappa shape index (κ3) is 2.08. The van der Waals surface area contributed by atoms with Gasteiger partial charge in [0.05, 0.1) is 16.1 Å². The molecule has 2 aromatic carbocycles. The van der Waals surface area contributed by atoms with Crippen LogP contribution in [-0.4, -0.2) is 19.6 Å². The van der Waals surface area contributed by atoms with Crippen LogP contribution in [0.5, 0.6) is 0 Å². The van der Waals surface area contributed by atoms with E-state index >= 15 is 0 Å². The van der Waals surface area contributed by atoms with E-state index in [0.717, 1.165) is 16.6 Å². The fraction of sp³-hybridized carbons (Fsp3) is 0.0667. The van der Waals surface area contributed by atoms with Crippen LogP contribution >= 0.6 is 11.6 Å². The number of halogens is 2. The standard InChI is InChI=1S/C15H11ClFN5/c1-8-2-5-13-12(6-8)19-15-20-14(21-22(13)15)18-9-3-4-11(17)10(16)7-9/h2-7H,1H3,(H2,18,19,20,21). The van der Waals surface area contributed by atoms with Crippen molar-refractivity contribution < 1.29 is 4.39 Å². The molecule has 110 valence electrons. The Morgan fingerprint density at radius 1 is 1.18 bits per heavy atom. The van der Waals surface area contributed by atoms with Gasteiger partial charge in [-0.3, -0.25) is 5.10 Å². The summed E-state index contributed by atoms with van der Waals surface area (Å²) in [5.74, 6) is 0.617. The fourth-order valence-electron chi connectivity index (χ4n) is 2.36. The summed E-state index contributed by atoms with van der Waals surface area (Å²) in [4.78, 5) is 8.84. The molecule has 0 radical (unpaired) electrons. The molecule has 0 spiro atoms. The maximum atomic E-state index is 13.2. The van der Waals surface area contributed by atoms with Crippen LogP contribution < -0.4 is 5.32 Å². The molecule has 0 amide bonds. The van der Waals surface area contributed by atoms with E-state index in [2.05, 4.69) is 20.4 Å². The molecular weight excluding hydrogens is 305 g/mol. The number of aromatic nitrogens is 4. The Bertz CT molecular complexity index is 1000. The summed E-state index contributed by atoms with van der Waals surface area (Å²) in [5.41, 5.74) is 3.62. The zero-order valence-corrected chi connectivity index (χ0v) is 12.3. The van der Waals surface area contributed by atoms with Crippen molar-refractivity contribution in [1.29, 1.82) is 0 Å². The minimum Gasteiger partial charge on any atom is -0.324 e. The van der Waals surface area contributed by atoms with Gasteiger partial charge in [-0.2, -0.15) is 4.98 Å². The molecule has 5 nitrogen and oxygen atoms in total. The second-order valence-corrected chi connectivity index (χ2v) is 5.47. The molecule has 0 saturated carbocycles. The number of aromatic amines is 1. The molecule has 2 aromatic heterocycles. The Balaban J connectivity index is 1.74. The highest BCUT2D eigenvalue weighted by Crippen LogP contribution is 2.23. The summed E-state index contributed by atoms with van der Waals surface area (Å²) in [5, 5.41) is 6.22. The number of hydrogen-bond donors (Lipinski definition) is 2. The average molecular weight is 316 g/mol. The van der Waals surface area contributed by atoms with Gasteiger partial charge >= 0.3 is 0 Å². The number of benzene rings is 2. The molecule has 0 aliphatic carbocycles. The van der Waals surface area contributed by atoms with Crippen LogP contribution in [0.2, 0.25) is 5.02 Å². The molecule has 2 heterocycles. The first-order valence-electron chi connectivity index (χ1n) is 6.67. The van der Waals surface area contributed by atoms with Crippen molar-refractivity contribution in [3.63, 3.8) is 0 Å². The third-order valence-electron chi connectivity index (χ3n) is 3.40. The van der Waals surface area contributed by atoms with Crippen LogP contribution in [0.3, 0.4) is 0 Å². The van der Waals surface area contributed by atoms with Crippen LogP contribution in [0, 0.1) is 12.7 Å². The largest absolute Gasteiger partial charge is 0.324 e. The van der Waals surface area contributed by atoms with E-state index in [1.54, 1.807) is 10.6 Å². The molecule has 22 heavy (non-hydrogen) atoms. The number of nitrogens with one attached hydrogen (secondary N) is 2. The van der Waals surface area contributed by atoms with E-state index in [1.165, 1.54) is 12.1 Å². The van der Waals surface area contributed by atoms with Crippen molar-refractivity contribution >= 4 is 40.0 Å². The van der Waals surface area contributed by atoms with E-state index in [1.807, 2.05) is 25.1 Å². The van der Waals surface area contributed by atoms with E-state index in [0.29, 0.717) is 17.4 Å². The van der Waals surface area contributed by atoms with Gasteiger partial charge in [0.15, 0.2) is 0 Å². The molecule has 0 aliphatic rings. The minimum atomic E-state index is -0.456. The number of anilines is 2. The number of hydrogen-bond acceptors (Lipinski definition) is 3. The van der Waals surface area contributed by atoms with Crippen LogP contribution in [0.15, 0.2) is 36.4 Å². The Kier molecular flexibility index (Phi) is 2.80. The lowest BCUT2D eigenvalue weighted by Crippen LogP contribution is -1.94. The Morgan fingerprint density at radius 2 is 2.05 bits per heavy atom. The summed E-state index contributed by atoms with van der Waals surface area (Å²) in [6.07, 6.45) is 0. The summed E-state index contributed by atoms with van der Waals surface area (Å²) in [6, 6.07) is 10.4. The number of fused-ring (bicyclic) bond motifs is 3. The summed E-state index contributed by atoms with van der Waals surface area (Å²) in [6.45, 7) is 2.02. The molecule has 4 aromatic rings. The highest BCUT2D eigenvalue weighted by atomic mass is 35.5. The van der Waals surface area contributed by atoms with Crippen molar-refractivity contribution in [2.75, 3.05) is 5.32 Å². The van der Waals surface area contributed by atoms with Crippen molar-refractivity contribution in [3.05, 3.63) is 52.8 Å². The predicted octanol–water partition coefficient (Wildman–Crippen LogP) is 4.06. The maximum absolute atomic E-state index is 13.2. The van der Waals surface area contributed by atoms with E-state index in [9.17, 15) is 4.39 Å². The number of rotatable bonds is 2. The van der Waals surface area contributed by atoms with Gasteiger partial charge in [0.25, 0.3) is 5.78 Å². The smallest absolute Gasteiger partial charge is 0.253 e. The maximum Gasteiger partial charge on any atom is 0.253 e. The van der Waals surface area contributed by atoms with Gasteiger partial charge in [0, 0.05) is 5.69 Å². The van der Waals surface area contributed by atoms with Crippen LogP contribution in [0.1, 0.15) is 5.56 Å². The Morgan fingerprint density at radius 3 is 2.86 bits per heavy atom. The number of imidazole rings is 1. The number of H-pyrrole nitrogens is 1. The Labute approximate surface area is 129 Å². The lowest BCUT2D eigenvalue weighted by atomic mass is 10.2. The summed E-state index contributed by atoms with van der Waals surface area (Å²) < 4.78 is 15.0. The second kappa shape index (κ2) is 4.71. The normalized spacial score (nSPS) is 11.4. The quantitative estimate of drug-likeness (QED) is 0.586. The van der Waals surface area contributed by atoms with Crippen LogP contribution in [0.25, 0.3) is 16.8 Å². The molecule has 0 aliphatic heterocycles. The summed E-state index contributed by atoms with van der Waals surface area (Å²) in [7, 11) is 0. The van der Waals surface area contributed by atoms with Gasteiger partial charge in [-0.1, -0.05) is 17.7 Å². The third-order valence-corrected chi connectivity index (χ3v) is 3.69. The highest BCUT2D eigenvalue weighted by molar-refractivity contribution is 6.31. The van der Waals surface area contributed by atoms with Crippen LogP contribution in [-0.2, 0) is 0 Å². The lowest BCUT2D eigenvalue weighted by Gasteiger charge is -2.03. The van der Waals surface area contributed by atoms with Gasteiger partial charge in [-0.15, -0.1) is 0 Å². The number of aryl methyl sites for hydroxylation is 1. The fourth-order valence-corrected chi connectivity index (χ4v) is 2.54. The Hall–Kier alpha value is -2.60. The zero-order chi connectivity index (χ0) is 15.3. The second-order valence-electron chi connectivity index (χ2n) is 5.07. The predicted molar refractivity (Wildman–Crippen MR) is 84.3 cm³/mol. The molecule has 0 saturated heterocycles. The van der Waals surface area contributed by atoms with Crippen LogP contribution in [0.4, 0.5) is 16.0 Å². The molecule has 0 bridgehead atoms. The number of nitrogens with zero attached hydrogens (tertiary/aromatic N) is 3. The molecule has 2 N–H and O–H groups in total. The summed E-state index contributed by atoms with van der Waals surface area (Å²) >= 11 is 5.77. The first kappa shape index (κ1) is 13.1. The first-order chi connectivity index (χ1) is 10.6. The van der Waals surface area contributed by atoms with Crippen molar-refractivity contribution in [2.24, 2.45) is 0 Å². The van der Waals surface area contributed by atoms with Gasteiger partial charge in [0.1, 0.15) is 5.82 Å². The average Bonchev–Trinajstić information content (AvgIpc) is 2.99. The van der Waals surface area contributed by atoms with Crippen molar-refractivity contribution in [2.45, 2.75) is 6.92 Å². The molecule has 4 rings (SSSR count). The van der Waals surface area contributed by atoms with E-state index in [4.69, 9.17) is 11.6 Å². The lowest BCUT2D eigenvalue weighted by molar-refractivity contribution is 0.628. The van der Waals surface area contributed by atoms with Gasteiger partial charge < -0.3 is 5.32 Å². The first-order valence-corrected chi connectivity index (χ1v) is 7.05. The molecule has 0 unspecified atom stereocenters. The van der Waals surface area contributed by atoms with Crippen molar-refractivity contribution in [1.82, 2.24) is 19.6 Å². The van der Waals surface area contributed by atoms with E-state index < -0.39 is 5.82 Å². The minimum absolute atomic E-state index is 0.0576. The zero-order valence-electron chi connectivity index (χ0n) is 11.6. The highest BCUT2D eigenvalue weighted by Gasteiger charge is 2.10. The van der Waals surface area contributed by atoms with Crippen molar-refractivity contribution in [3.8, 4) is 0 Å². The van der Waals surface area contributed by atoms with E-state index in [-0.39, 0.29) is 5.02 Å². The topological polar surface area (TPSA) is 58.0 Å². The molecule has 0 atom stereocenters. The SMILES string of the molecule is Cc1ccc2c(c1)nc1nc(Nc3ccc(F)c(Cl)c3)[nH]n12. The van der Waals surface area contributed by atoms with Gasteiger partial charge in [-0.25, -0.2) is 13.9 Å². The van der Waals surface area contributed by atoms with Gasteiger partial charge in [0.2, 0.25) is 5.95 Å². The molecule has 7 heteroatoms.